The summed E-state index contributed by atoms with van der Waals surface area (Å²) in [7, 11) is -9.44. The zero-order valence-electron chi connectivity index (χ0n) is 36.5. The maximum Gasteiger partial charge on any atom is 0.534 e. The predicted molar refractivity (Wildman–Crippen MR) is 239 cm³/mol. The molecule has 0 aliphatic carbocycles. The molecule has 71 heavy (non-hydrogen) atoms. The SMILES string of the molecule is Cc1ccccc1.Cc1ccccc1.O=Pc1cccc2c1C1(COc3cccc(OS(=O)(=O)C(F)(F)F)c31)CO2.O=S(=O)(Oc1cccc2c1C1(COc3cccc(P)c31)CO2)C(F)(F)F.[Ar].[Ar].[Ar].[Ar]. The van der Waals surface area contributed by atoms with Gasteiger partial charge in [0.15, 0.2) is 20.0 Å². The predicted octanol–water partition coefficient (Wildman–Crippen LogP) is 9.38. The molecular formula is C46H38Ar4F6O11P2S2. The van der Waals surface area contributed by atoms with E-state index in [1.165, 1.54) is 35.4 Å². The van der Waals surface area contributed by atoms with Gasteiger partial charge < -0.3 is 27.3 Å². The summed E-state index contributed by atoms with van der Waals surface area (Å²) < 4.78 is 166. The Bertz CT molecular complexity index is 2990. The van der Waals surface area contributed by atoms with Crippen LogP contribution >= 0.6 is 17.7 Å². The fourth-order valence-corrected chi connectivity index (χ4v) is 9.87. The van der Waals surface area contributed by atoms with Crippen molar-refractivity contribution in [2.45, 2.75) is 35.7 Å². The Hall–Kier alpha value is -0.831. The molecule has 11 nitrogen and oxygen atoms in total. The summed E-state index contributed by atoms with van der Waals surface area (Å²) in [6.07, 6.45) is 0. The van der Waals surface area contributed by atoms with Crippen molar-refractivity contribution in [2.75, 3.05) is 26.4 Å². The van der Waals surface area contributed by atoms with Crippen LogP contribution in [0.25, 0.3) is 0 Å². The third kappa shape index (κ3) is 14.0. The van der Waals surface area contributed by atoms with E-state index in [-0.39, 0.29) is 208 Å². The Labute approximate surface area is 530 Å². The van der Waals surface area contributed by atoms with Gasteiger partial charge in [-0.3, -0.25) is 4.57 Å². The van der Waals surface area contributed by atoms with Crippen molar-refractivity contribution in [1.82, 2.24) is 0 Å². The number of alkyl halides is 6. The molecule has 384 valence electrons. The number of halogens is 6. The van der Waals surface area contributed by atoms with E-state index in [0.29, 0.717) is 22.4 Å². The Morgan fingerprint density at radius 1 is 0.479 bits per heavy atom. The second kappa shape index (κ2) is 26.5. The van der Waals surface area contributed by atoms with E-state index in [2.05, 4.69) is 55.7 Å². The van der Waals surface area contributed by atoms with E-state index in [4.69, 9.17) is 18.9 Å². The van der Waals surface area contributed by atoms with E-state index in [9.17, 15) is 47.7 Å². The smallest absolute Gasteiger partial charge is 0.492 e. The van der Waals surface area contributed by atoms with Crippen molar-refractivity contribution in [2.24, 2.45) is 0 Å². The first-order valence-electron chi connectivity index (χ1n) is 19.8. The molecule has 2 spiro atoms. The molecule has 3 atom stereocenters. The molecule has 0 fully saturated rings. The fourth-order valence-electron chi connectivity index (χ4n) is 7.84. The van der Waals surface area contributed by atoms with Crippen LogP contribution in [0.3, 0.4) is 0 Å². The molecule has 4 aliphatic rings. The van der Waals surface area contributed by atoms with Crippen LogP contribution in [0.2, 0.25) is 0 Å². The van der Waals surface area contributed by atoms with Crippen molar-refractivity contribution < 1.29 is 226 Å². The van der Waals surface area contributed by atoms with E-state index < -0.39 is 53.6 Å². The molecular weight excluding hydrogens is 1130 g/mol. The number of aryl methyl sites for hydroxylation is 2. The summed E-state index contributed by atoms with van der Waals surface area (Å²) in [5.41, 5.74) is -8.98. The molecule has 0 N–H and O–H groups in total. The molecule has 4 heterocycles. The summed E-state index contributed by atoms with van der Waals surface area (Å²) in [5.74, 6) is 0.504. The molecule has 10 rings (SSSR count). The van der Waals surface area contributed by atoms with Gasteiger partial charge in [-0.1, -0.05) is 102 Å². The first kappa shape index (κ1) is 64.5. The van der Waals surface area contributed by atoms with E-state index in [1.54, 1.807) is 36.4 Å². The number of ether oxygens (including phenoxy) is 4. The van der Waals surface area contributed by atoms with Crippen LogP contribution in [0.15, 0.2) is 133 Å². The van der Waals surface area contributed by atoms with Crippen LogP contribution in [0.1, 0.15) is 33.4 Å². The number of rotatable bonds is 5. The first-order valence-corrected chi connectivity index (χ1v) is 24.0. The average molecular weight is 1170 g/mol. The Morgan fingerprint density at radius 2 is 0.803 bits per heavy atom. The van der Waals surface area contributed by atoms with Gasteiger partial charge in [0.1, 0.15) is 54.8 Å². The van der Waals surface area contributed by atoms with Gasteiger partial charge in [-0.05, 0) is 61.6 Å². The number of benzene rings is 6. The molecule has 3 unspecified atom stereocenters. The molecule has 0 saturated heterocycles. The molecule has 0 amide bonds. The second-order valence-corrected chi connectivity index (χ2v) is 19.7. The van der Waals surface area contributed by atoms with Crippen molar-refractivity contribution in [3.63, 3.8) is 0 Å². The van der Waals surface area contributed by atoms with Crippen LogP contribution in [0.4, 0.5) is 26.3 Å². The summed E-state index contributed by atoms with van der Waals surface area (Å²) in [6, 6.07) is 38.8. The topological polar surface area (TPSA) is 141 Å². The van der Waals surface area contributed by atoms with Crippen LogP contribution in [-0.4, -0.2) is 54.3 Å². The van der Waals surface area contributed by atoms with Crippen LogP contribution in [0.5, 0.6) is 34.5 Å². The van der Waals surface area contributed by atoms with Gasteiger partial charge in [0.05, 0.1) is 21.8 Å². The van der Waals surface area contributed by atoms with Crippen molar-refractivity contribution in [3.8, 4) is 34.5 Å². The molecule has 0 bridgehead atoms. The van der Waals surface area contributed by atoms with Gasteiger partial charge in [-0.25, -0.2) is 0 Å². The summed E-state index contributed by atoms with van der Waals surface area (Å²) >= 11 is 0. The standard InChI is InChI=1S/C16H10F3O6PS.C16H12F3O5PS.2C7H8.4Ar/c17-16(18,19)27(21,22)25-11-5-1-3-9-13(11)15(7-23-9)8-24-10-4-2-6-12(26-20)14(10)15;17-16(18,19)26(20,21)24-11-5-1-3-9-13(11)15(7-22-9)8-23-10-4-2-6-12(25)14(10)15;2*1-7-5-3-2-4-6-7;;;;/h1-6H,7-8H2;1-6H,7-8,25H2;2*2-6H,1H3;;;;. The largest absolute Gasteiger partial charge is 0.534 e. The fraction of sp³-hybridized carbons (Fsp3) is 0.217. The van der Waals surface area contributed by atoms with Crippen molar-refractivity contribution >= 4 is 48.5 Å². The first-order chi connectivity index (χ1) is 31.6. The van der Waals surface area contributed by atoms with Gasteiger partial charge in [-0.2, -0.15) is 43.2 Å². The minimum atomic E-state index is -5.87. The molecule has 0 radical (unpaired) electrons. The second-order valence-electron chi connectivity index (χ2n) is 15.3. The number of hydrogen-bond acceptors (Lipinski definition) is 11. The zero-order valence-corrected chi connectivity index (χ0v) is 43.1. The summed E-state index contributed by atoms with van der Waals surface area (Å²) in [4.78, 5) is 0. The molecule has 0 aromatic heterocycles. The third-order valence-corrected chi connectivity index (χ3v) is 13.8. The van der Waals surface area contributed by atoms with E-state index in [1.807, 2.05) is 42.5 Å². The van der Waals surface area contributed by atoms with Gasteiger partial charge in [0.2, 0.25) is 0 Å². The third-order valence-electron chi connectivity index (χ3n) is 10.8. The van der Waals surface area contributed by atoms with E-state index in [0.717, 1.165) is 16.9 Å². The zero-order chi connectivity index (χ0) is 48.4. The van der Waals surface area contributed by atoms with Gasteiger partial charge in [0, 0.05) is 162 Å². The van der Waals surface area contributed by atoms with Gasteiger partial charge in [0.25, 0.3) is 0 Å². The average Bonchev–Trinajstić information content (AvgIpc) is 4.06. The number of fused-ring (bicyclic) bond motifs is 8. The van der Waals surface area contributed by atoms with Crippen molar-refractivity contribution in [3.05, 3.63) is 167 Å². The Kier molecular flexibility index (Phi) is 24.0. The van der Waals surface area contributed by atoms with Gasteiger partial charge in [-0.15, -0.1) is 9.24 Å². The Morgan fingerprint density at radius 3 is 1.14 bits per heavy atom. The minimum Gasteiger partial charge on any atom is -0.492 e. The monoisotopic (exact) mass is 1170 g/mol. The minimum absolute atomic E-state index is 0. The molecule has 0 saturated carbocycles. The molecule has 6 aromatic carbocycles. The maximum atomic E-state index is 12.8. The molecule has 6 aromatic rings. The van der Waals surface area contributed by atoms with Crippen LogP contribution in [-0.2, 0) is 35.6 Å². The van der Waals surface area contributed by atoms with E-state index >= 15 is 0 Å². The van der Waals surface area contributed by atoms with Crippen LogP contribution in [0, 0.1) is 165 Å². The molecule has 4 aliphatic heterocycles. The quantitative estimate of drug-likeness (QED) is 0.0706. The summed E-state index contributed by atoms with van der Waals surface area (Å²) in [5, 5.41) is 1.15. The molecule has 25 heteroatoms. The normalized spacial score (nSPS) is 17.4. The maximum absolute atomic E-state index is 12.8. The van der Waals surface area contributed by atoms with Crippen molar-refractivity contribution in [1.29, 1.82) is 0 Å². The Balaban J connectivity index is 0.000000282. The van der Waals surface area contributed by atoms with Gasteiger partial charge >= 0.3 is 31.3 Å². The number of hydrogen-bond donors (Lipinski definition) is 0. The summed E-state index contributed by atoms with van der Waals surface area (Å²) in [6.45, 7) is 4.34. The van der Waals surface area contributed by atoms with Crippen LogP contribution < -0.4 is 37.9 Å².